The summed E-state index contributed by atoms with van der Waals surface area (Å²) in [6, 6.07) is 8.28. The van der Waals surface area contributed by atoms with Gasteiger partial charge >= 0.3 is 11.9 Å². The number of phenols is 1. The van der Waals surface area contributed by atoms with Crippen LogP contribution in [0, 0.1) is 13.8 Å². The first kappa shape index (κ1) is 35.0. The van der Waals surface area contributed by atoms with Crippen molar-refractivity contribution >= 4 is 34.6 Å². The molecular formula is C41H44N4O9S. The molecule has 4 bridgehead atoms. The van der Waals surface area contributed by atoms with Crippen LogP contribution in [0.5, 0.6) is 28.7 Å². The number of nitrogens with one attached hydrogen (secondary N) is 2. The monoisotopic (exact) mass is 768 g/mol. The lowest BCUT2D eigenvalue weighted by atomic mass is 9.78. The van der Waals surface area contributed by atoms with Gasteiger partial charge in [-0.15, -0.1) is 11.8 Å². The highest BCUT2D eigenvalue weighted by Crippen LogP contribution is 2.65. The first-order valence-corrected chi connectivity index (χ1v) is 19.8. The second-order valence-electron chi connectivity index (χ2n) is 16.0. The number of carbonyl (C=O) groups excluding carboxylic acids is 2. The number of thioether (sulfide) groups is 1. The van der Waals surface area contributed by atoms with Gasteiger partial charge in [0.05, 0.1) is 30.1 Å². The largest absolute Gasteiger partial charge is 0.504 e. The maximum atomic E-state index is 15.0. The van der Waals surface area contributed by atoms with Crippen LogP contribution in [-0.2, 0) is 32.7 Å². The maximum absolute atomic E-state index is 15.0. The highest BCUT2D eigenvalue weighted by Gasteiger charge is 2.64. The Morgan fingerprint density at radius 1 is 1.09 bits per heavy atom. The highest BCUT2D eigenvalue weighted by molar-refractivity contribution is 7.99. The zero-order chi connectivity index (χ0) is 38.3. The van der Waals surface area contributed by atoms with Crippen molar-refractivity contribution in [2.24, 2.45) is 0 Å². The van der Waals surface area contributed by atoms with E-state index in [0.717, 1.165) is 45.3 Å². The SMILES string of the molecule is COc1c(C)cc2c(c1O)[C@H]1[C@@H]3[C@@H]4SC[C@]5(N[C@@H](C)Cc6c5[nH]c5ccccc65)C(=O)OC[C@@H](c5c6c(c(C)c(OC(C)=O)c54)OCO6)N3C(O)(C2)CN1C. The Labute approximate surface area is 322 Å². The number of carbonyl (C=O) groups is 2. The lowest BCUT2D eigenvalue weighted by Gasteiger charge is -2.60. The number of fused-ring (bicyclic) bond motifs is 8. The smallest absolute Gasteiger partial charge is 0.333 e. The molecule has 4 aromatic rings. The van der Waals surface area contributed by atoms with E-state index in [1.165, 1.54) is 6.92 Å². The van der Waals surface area contributed by atoms with Crippen molar-refractivity contribution < 1.29 is 43.5 Å². The summed E-state index contributed by atoms with van der Waals surface area (Å²) in [7, 11) is 3.51. The average molecular weight is 769 g/mol. The van der Waals surface area contributed by atoms with Gasteiger partial charge in [0.25, 0.3) is 0 Å². The Hall–Kier alpha value is -4.47. The van der Waals surface area contributed by atoms with Gasteiger partial charge < -0.3 is 38.9 Å². The van der Waals surface area contributed by atoms with Crippen LogP contribution in [0.3, 0.4) is 0 Å². The lowest BCUT2D eigenvalue weighted by Crippen LogP contribution is -2.70. The van der Waals surface area contributed by atoms with Crippen LogP contribution in [0.25, 0.3) is 10.9 Å². The summed E-state index contributed by atoms with van der Waals surface area (Å²) < 4.78 is 30.8. The molecule has 9 heterocycles. The molecule has 0 aliphatic carbocycles. The number of likely N-dealkylation sites (N-methyl/N-ethyl adjacent to an activating group) is 1. The van der Waals surface area contributed by atoms with Crippen LogP contribution < -0.4 is 24.3 Å². The molecule has 0 amide bonds. The van der Waals surface area contributed by atoms with E-state index in [4.69, 9.17) is 23.7 Å². The number of piperazine rings is 1. The van der Waals surface area contributed by atoms with Gasteiger partial charge in [-0.25, -0.2) is 4.79 Å². The third-order valence-corrected chi connectivity index (χ3v) is 14.1. The minimum Gasteiger partial charge on any atom is -0.504 e. The summed E-state index contributed by atoms with van der Waals surface area (Å²) in [6.07, 6.45) is 0.916. The molecule has 2 unspecified atom stereocenters. The normalized spacial score (nSPS) is 31.7. The van der Waals surface area contributed by atoms with Crippen LogP contribution in [0.1, 0.15) is 75.8 Å². The number of aromatic amines is 1. The number of esters is 2. The Morgan fingerprint density at radius 3 is 2.65 bits per heavy atom. The van der Waals surface area contributed by atoms with Crippen molar-refractivity contribution in [2.45, 2.75) is 81.2 Å². The fraction of sp³-hybridized carbons (Fsp3) is 0.463. The van der Waals surface area contributed by atoms with E-state index in [2.05, 4.69) is 33.1 Å². The summed E-state index contributed by atoms with van der Waals surface area (Å²) in [4.78, 5) is 35.7. The number of H-pyrrole nitrogens is 1. The third-order valence-electron chi connectivity index (χ3n) is 12.7. The molecule has 3 aromatic carbocycles. The van der Waals surface area contributed by atoms with E-state index in [1.54, 1.807) is 18.9 Å². The number of ether oxygens (including phenoxy) is 5. The molecule has 55 heavy (non-hydrogen) atoms. The summed E-state index contributed by atoms with van der Waals surface area (Å²) in [5.41, 5.74) is 4.30. The second kappa shape index (κ2) is 12.0. The summed E-state index contributed by atoms with van der Waals surface area (Å²) in [5, 5.41) is 29.5. The third kappa shape index (κ3) is 4.69. The summed E-state index contributed by atoms with van der Waals surface area (Å²) in [6.45, 7) is 7.26. The minimum absolute atomic E-state index is 0.0362. The summed E-state index contributed by atoms with van der Waals surface area (Å²) >= 11 is 1.55. The molecular weight excluding hydrogens is 725 g/mol. The van der Waals surface area contributed by atoms with Crippen molar-refractivity contribution in [3.63, 3.8) is 0 Å². The number of nitrogens with zero attached hydrogens (tertiary/aromatic N) is 2. The van der Waals surface area contributed by atoms with Crippen LogP contribution in [0.2, 0.25) is 0 Å². The Morgan fingerprint density at radius 2 is 1.87 bits per heavy atom. The number of aromatic nitrogens is 1. The molecule has 2 fully saturated rings. The second-order valence-corrected chi connectivity index (χ2v) is 17.2. The molecule has 1 spiro atoms. The lowest BCUT2D eigenvalue weighted by molar-refractivity contribution is -0.215. The Bertz CT molecular complexity index is 2350. The zero-order valence-corrected chi connectivity index (χ0v) is 32.4. The van der Waals surface area contributed by atoms with Crippen molar-refractivity contribution in [1.82, 2.24) is 20.1 Å². The quantitative estimate of drug-likeness (QED) is 0.167. The molecule has 14 heteroatoms. The van der Waals surface area contributed by atoms with E-state index < -0.39 is 46.6 Å². The van der Waals surface area contributed by atoms with Crippen LogP contribution in [0.15, 0.2) is 30.3 Å². The topological polar surface area (TPSA) is 155 Å². The fourth-order valence-corrected chi connectivity index (χ4v) is 12.5. The van der Waals surface area contributed by atoms with Gasteiger partial charge in [0, 0.05) is 70.9 Å². The van der Waals surface area contributed by atoms with E-state index in [1.807, 2.05) is 45.2 Å². The number of para-hydroxylation sites is 1. The maximum Gasteiger partial charge on any atom is 0.333 e. The molecule has 0 radical (unpaired) electrons. The fourth-order valence-electron chi connectivity index (χ4n) is 10.8. The van der Waals surface area contributed by atoms with Crippen molar-refractivity contribution in [3.05, 3.63) is 75.0 Å². The Kier molecular flexibility index (Phi) is 7.64. The van der Waals surface area contributed by atoms with E-state index >= 15 is 0 Å². The molecule has 4 N–H and O–H groups in total. The van der Waals surface area contributed by atoms with Crippen molar-refractivity contribution in [2.75, 3.05) is 39.9 Å². The van der Waals surface area contributed by atoms with E-state index in [-0.39, 0.29) is 43.9 Å². The predicted octanol–water partition coefficient (Wildman–Crippen LogP) is 4.57. The first-order valence-electron chi connectivity index (χ1n) is 18.8. The molecule has 1 aromatic heterocycles. The first-order chi connectivity index (χ1) is 26.4. The van der Waals surface area contributed by atoms with Crippen molar-refractivity contribution in [1.29, 1.82) is 0 Å². The van der Waals surface area contributed by atoms with Gasteiger partial charge in [-0.2, -0.15) is 0 Å². The Balaban J connectivity index is 1.26. The van der Waals surface area contributed by atoms with Gasteiger partial charge in [0.2, 0.25) is 6.79 Å². The molecule has 8 aliphatic heterocycles. The number of rotatable bonds is 2. The molecule has 0 saturated carbocycles. The van der Waals surface area contributed by atoms with Crippen LogP contribution >= 0.6 is 11.8 Å². The molecule has 8 atom stereocenters. The summed E-state index contributed by atoms with van der Waals surface area (Å²) in [5.74, 6) is 1.05. The molecule has 2 saturated heterocycles. The van der Waals surface area contributed by atoms with Gasteiger partial charge in [-0.05, 0) is 57.0 Å². The molecule has 8 aliphatic rings. The number of aryl methyl sites for hydroxylation is 1. The number of phenolic OH excluding ortho intramolecular Hbond substituents is 1. The van der Waals surface area contributed by atoms with Gasteiger partial charge in [0.1, 0.15) is 18.1 Å². The van der Waals surface area contributed by atoms with E-state index in [9.17, 15) is 19.8 Å². The standard InChI is InChI=1S/C41H44N4O9S/c1-18-11-22-13-40(49)15-44(5)30(27(22)32(47)33(18)50-6)31-37-29-28(36-35(52-17-53-36)20(3)34(29)54-21(4)46)26(45(31)40)14-51-39(48)41(16-55-37)38-24(12-19(2)43-41)23-9-7-8-10-25(23)42-38/h7-11,19,26,30-31,37,42-43,47,49H,12-17H2,1-6H3/t19-,26-,30-,31+,37+,40?,41+/m0/s1. The van der Waals surface area contributed by atoms with E-state index in [0.29, 0.717) is 39.7 Å². The molecule has 12 rings (SSSR count). The number of aliphatic hydroxyl groups is 1. The highest BCUT2D eigenvalue weighted by atomic mass is 32.2. The minimum atomic E-state index is -1.49. The molecule has 13 nitrogen and oxygen atoms in total. The zero-order valence-electron chi connectivity index (χ0n) is 31.6. The van der Waals surface area contributed by atoms with Gasteiger partial charge in [-0.3, -0.25) is 19.9 Å². The average Bonchev–Trinajstić information content (AvgIpc) is 3.73. The number of benzene rings is 3. The van der Waals surface area contributed by atoms with Crippen molar-refractivity contribution in [3.8, 4) is 28.7 Å². The number of hydrogen-bond acceptors (Lipinski definition) is 13. The molecule has 288 valence electrons. The van der Waals surface area contributed by atoms with Crippen LogP contribution in [-0.4, -0.2) is 94.6 Å². The van der Waals surface area contributed by atoms with Gasteiger partial charge in [0.15, 0.2) is 28.5 Å². The number of aromatic hydroxyl groups is 1. The number of hydrogen-bond donors (Lipinski definition) is 4. The predicted molar refractivity (Wildman–Crippen MR) is 203 cm³/mol. The number of methoxy groups -OCH3 is 1. The van der Waals surface area contributed by atoms with Gasteiger partial charge in [-0.1, -0.05) is 24.3 Å². The van der Waals surface area contributed by atoms with Crippen LogP contribution in [0.4, 0.5) is 0 Å².